The van der Waals surface area contributed by atoms with E-state index in [2.05, 4.69) is 10.5 Å². The maximum absolute atomic E-state index is 12.0. The molecule has 0 unspecified atom stereocenters. The van der Waals surface area contributed by atoms with Gasteiger partial charge in [-0.2, -0.15) is 0 Å². The molecule has 0 N–H and O–H groups in total. The number of carbonyl (C=O) groups excluding carboxylic acids is 1. The van der Waals surface area contributed by atoms with Crippen LogP contribution in [-0.4, -0.2) is 41.1 Å². The summed E-state index contributed by atoms with van der Waals surface area (Å²) >= 11 is 1.26. The fourth-order valence-electron chi connectivity index (χ4n) is 1.79. The van der Waals surface area contributed by atoms with Crippen LogP contribution in [0.4, 0.5) is 0 Å². The fourth-order valence-corrected chi connectivity index (χ4v) is 2.31. The van der Waals surface area contributed by atoms with Gasteiger partial charge >= 0.3 is 0 Å². The number of morpholine rings is 1. The molecule has 1 fully saturated rings. The van der Waals surface area contributed by atoms with Crippen LogP contribution in [0.5, 0.6) is 0 Å². The summed E-state index contributed by atoms with van der Waals surface area (Å²) in [5, 5.41) is 0. The van der Waals surface area contributed by atoms with Gasteiger partial charge in [0, 0.05) is 13.1 Å². The van der Waals surface area contributed by atoms with Crippen molar-refractivity contribution in [2.24, 2.45) is 0 Å². The van der Waals surface area contributed by atoms with Crippen LogP contribution in [0.3, 0.4) is 0 Å². The summed E-state index contributed by atoms with van der Waals surface area (Å²) in [5.41, 5.74) is 2.69. The molecule has 1 aliphatic heterocycles. The molecule has 0 spiro atoms. The Kier molecular flexibility index (Phi) is 3.02. The molecule has 2 atom stereocenters. The van der Waals surface area contributed by atoms with E-state index in [-0.39, 0.29) is 18.1 Å². The first kappa shape index (κ1) is 10.6. The molecule has 1 aromatic rings. The Morgan fingerprint density at radius 2 is 2.27 bits per heavy atom. The lowest BCUT2D eigenvalue weighted by Crippen LogP contribution is -2.48. The van der Waals surface area contributed by atoms with Crippen LogP contribution in [0, 0.1) is 5.51 Å². The van der Waals surface area contributed by atoms with Gasteiger partial charge in [-0.25, -0.2) is 4.98 Å². The Morgan fingerprint density at radius 3 is 2.80 bits per heavy atom. The van der Waals surface area contributed by atoms with Gasteiger partial charge in [0.05, 0.1) is 18.4 Å². The SMILES string of the molecule is C[C@@H]1CN(C(=O)c2cn[c]s2)C[C@H](C)O1. The molecule has 0 bridgehead atoms. The zero-order chi connectivity index (χ0) is 10.8. The highest BCUT2D eigenvalue weighted by atomic mass is 32.1. The summed E-state index contributed by atoms with van der Waals surface area (Å²) in [5.74, 6) is 0.0377. The highest BCUT2D eigenvalue weighted by Gasteiger charge is 2.27. The number of hydrogen-bond donors (Lipinski definition) is 0. The number of carbonyl (C=O) groups is 1. The molecule has 1 aromatic heterocycles. The molecule has 0 aromatic carbocycles. The number of ether oxygens (including phenoxy) is 1. The second kappa shape index (κ2) is 4.28. The summed E-state index contributed by atoms with van der Waals surface area (Å²) in [6.07, 6.45) is 1.78. The van der Waals surface area contributed by atoms with Crippen molar-refractivity contribution in [3.8, 4) is 0 Å². The molecule has 81 valence electrons. The molecular formula is C10H13N2O2S. The van der Waals surface area contributed by atoms with Crippen molar-refractivity contribution in [1.82, 2.24) is 9.88 Å². The van der Waals surface area contributed by atoms with Crippen molar-refractivity contribution < 1.29 is 9.53 Å². The first-order chi connectivity index (χ1) is 7.16. The highest BCUT2D eigenvalue weighted by Crippen LogP contribution is 2.15. The molecule has 15 heavy (non-hydrogen) atoms. The van der Waals surface area contributed by atoms with Crippen LogP contribution in [0.15, 0.2) is 6.20 Å². The van der Waals surface area contributed by atoms with Gasteiger partial charge in [0.15, 0.2) is 5.51 Å². The van der Waals surface area contributed by atoms with Crippen LogP contribution >= 0.6 is 11.3 Å². The fraction of sp³-hybridized carbons (Fsp3) is 0.600. The largest absolute Gasteiger partial charge is 0.372 e. The van der Waals surface area contributed by atoms with E-state index >= 15 is 0 Å². The van der Waals surface area contributed by atoms with E-state index < -0.39 is 0 Å². The van der Waals surface area contributed by atoms with E-state index in [1.807, 2.05) is 18.7 Å². The summed E-state index contributed by atoms with van der Waals surface area (Å²) in [6, 6.07) is 0. The summed E-state index contributed by atoms with van der Waals surface area (Å²) in [4.78, 5) is 18.2. The lowest BCUT2D eigenvalue weighted by Gasteiger charge is -2.34. The number of aromatic nitrogens is 1. The molecule has 0 aliphatic carbocycles. The van der Waals surface area contributed by atoms with Crippen LogP contribution in [-0.2, 0) is 4.74 Å². The third kappa shape index (κ3) is 2.35. The van der Waals surface area contributed by atoms with Crippen molar-refractivity contribution in [3.05, 3.63) is 16.6 Å². The standard InChI is InChI=1S/C10H13N2O2S/c1-7-4-12(5-8(2)14-7)10(13)9-3-11-6-15-9/h3,7-8H,4-5H2,1-2H3/t7-,8+. The van der Waals surface area contributed by atoms with Crippen molar-refractivity contribution in [3.63, 3.8) is 0 Å². The van der Waals surface area contributed by atoms with Crippen LogP contribution in [0.1, 0.15) is 23.5 Å². The smallest absolute Gasteiger partial charge is 0.265 e. The van der Waals surface area contributed by atoms with Gasteiger partial charge in [0.2, 0.25) is 0 Å². The second-order valence-corrected chi connectivity index (χ2v) is 4.61. The number of amides is 1. The van der Waals surface area contributed by atoms with Crippen molar-refractivity contribution >= 4 is 17.2 Å². The highest BCUT2D eigenvalue weighted by molar-refractivity contribution is 7.11. The average Bonchev–Trinajstić information content (AvgIpc) is 2.67. The first-order valence-corrected chi connectivity index (χ1v) is 5.75. The summed E-state index contributed by atoms with van der Waals surface area (Å²) < 4.78 is 5.57. The van der Waals surface area contributed by atoms with Gasteiger partial charge in [-0.15, -0.1) is 11.3 Å². The minimum Gasteiger partial charge on any atom is -0.372 e. The summed E-state index contributed by atoms with van der Waals surface area (Å²) in [7, 11) is 0. The molecular weight excluding hydrogens is 212 g/mol. The quantitative estimate of drug-likeness (QED) is 0.721. The molecule has 1 saturated heterocycles. The van der Waals surface area contributed by atoms with E-state index in [4.69, 9.17) is 4.74 Å². The van der Waals surface area contributed by atoms with Crippen LogP contribution < -0.4 is 0 Å². The van der Waals surface area contributed by atoms with Gasteiger partial charge < -0.3 is 9.64 Å². The normalized spacial score (nSPS) is 26.7. The molecule has 2 heterocycles. The van der Waals surface area contributed by atoms with Gasteiger partial charge in [0.1, 0.15) is 4.88 Å². The Bertz CT molecular complexity index is 329. The van der Waals surface area contributed by atoms with Crippen LogP contribution in [0.2, 0.25) is 0 Å². The van der Waals surface area contributed by atoms with Crippen molar-refractivity contribution in [2.75, 3.05) is 13.1 Å². The van der Waals surface area contributed by atoms with Gasteiger partial charge in [-0.1, -0.05) is 0 Å². The van der Waals surface area contributed by atoms with E-state index in [1.165, 1.54) is 11.3 Å². The predicted octanol–water partition coefficient (Wildman–Crippen LogP) is 1.19. The number of hydrogen-bond acceptors (Lipinski definition) is 4. The topological polar surface area (TPSA) is 42.4 Å². The van der Waals surface area contributed by atoms with E-state index in [1.54, 1.807) is 6.20 Å². The number of nitrogens with zero attached hydrogens (tertiary/aromatic N) is 2. The molecule has 1 radical (unpaired) electrons. The maximum atomic E-state index is 12.0. The number of thiazole rings is 1. The minimum atomic E-state index is 0.0377. The van der Waals surface area contributed by atoms with Gasteiger partial charge in [0.25, 0.3) is 5.91 Å². The van der Waals surface area contributed by atoms with Gasteiger partial charge in [-0.3, -0.25) is 4.79 Å². The second-order valence-electron chi connectivity index (χ2n) is 3.78. The zero-order valence-electron chi connectivity index (χ0n) is 8.77. The van der Waals surface area contributed by atoms with E-state index in [0.29, 0.717) is 18.0 Å². The minimum absolute atomic E-state index is 0.0377. The predicted molar refractivity (Wildman–Crippen MR) is 56.9 cm³/mol. The molecule has 0 saturated carbocycles. The third-order valence-electron chi connectivity index (χ3n) is 2.31. The first-order valence-electron chi connectivity index (χ1n) is 4.93. The third-order valence-corrected chi connectivity index (χ3v) is 3.00. The molecule has 2 rings (SSSR count). The van der Waals surface area contributed by atoms with Crippen molar-refractivity contribution in [1.29, 1.82) is 0 Å². The van der Waals surface area contributed by atoms with E-state index in [0.717, 1.165) is 0 Å². The number of rotatable bonds is 1. The van der Waals surface area contributed by atoms with E-state index in [9.17, 15) is 4.79 Å². The maximum Gasteiger partial charge on any atom is 0.265 e. The Hall–Kier alpha value is -0.940. The monoisotopic (exact) mass is 225 g/mol. The molecule has 1 amide bonds. The van der Waals surface area contributed by atoms with Crippen molar-refractivity contribution in [2.45, 2.75) is 26.1 Å². The molecule has 5 heteroatoms. The van der Waals surface area contributed by atoms with Crippen LogP contribution in [0.25, 0.3) is 0 Å². The Morgan fingerprint density at radius 1 is 1.60 bits per heavy atom. The lowest BCUT2D eigenvalue weighted by molar-refractivity contribution is -0.0585. The van der Waals surface area contributed by atoms with Gasteiger partial charge in [-0.05, 0) is 13.8 Å². The average molecular weight is 225 g/mol. The summed E-state index contributed by atoms with van der Waals surface area (Å²) in [6.45, 7) is 5.27. The molecule has 1 aliphatic rings. The lowest BCUT2D eigenvalue weighted by atomic mass is 10.2. The Labute approximate surface area is 92.9 Å². The Balaban J connectivity index is 2.07. The molecule has 4 nitrogen and oxygen atoms in total. The zero-order valence-corrected chi connectivity index (χ0v) is 9.58.